The van der Waals surface area contributed by atoms with Crippen LogP contribution in [0.1, 0.15) is 47.7 Å². The summed E-state index contributed by atoms with van der Waals surface area (Å²) in [6.07, 6.45) is -4.87. The summed E-state index contributed by atoms with van der Waals surface area (Å²) in [6, 6.07) is 5.61. The van der Waals surface area contributed by atoms with E-state index in [0.29, 0.717) is 0 Å². The highest BCUT2D eigenvalue weighted by Gasteiger charge is 2.43. The number of carbonyl (C=O) groups excluding carboxylic acids is 1. The molecule has 0 fully saturated rings. The van der Waals surface area contributed by atoms with Gasteiger partial charge < -0.3 is 4.74 Å². The molecule has 0 aliphatic carbocycles. The zero-order valence-corrected chi connectivity index (χ0v) is 14.1. The topological polar surface area (TPSA) is 26.3 Å². The molecule has 2 aromatic carbocycles. The Morgan fingerprint density at radius 2 is 1.44 bits per heavy atom. The molecule has 0 aliphatic heterocycles. The number of rotatable bonds is 4. The number of ether oxygens (including phenoxy) is 1. The van der Waals surface area contributed by atoms with Gasteiger partial charge in [0.1, 0.15) is 5.56 Å². The van der Waals surface area contributed by atoms with Gasteiger partial charge in [-0.1, -0.05) is 26.0 Å². The van der Waals surface area contributed by atoms with Crippen molar-refractivity contribution in [1.82, 2.24) is 0 Å². The van der Waals surface area contributed by atoms with Crippen LogP contribution >= 0.6 is 0 Å². The van der Waals surface area contributed by atoms with Crippen LogP contribution < -0.4 is 4.74 Å². The number of alkyl halides is 3. The fraction of sp³-hybridized carbons (Fsp3) is 0.278. The van der Waals surface area contributed by atoms with Crippen LogP contribution in [0.3, 0.4) is 0 Å². The van der Waals surface area contributed by atoms with Gasteiger partial charge in [-0.3, -0.25) is 0 Å². The van der Waals surface area contributed by atoms with Gasteiger partial charge in [-0.25, -0.2) is 13.6 Å². The first-order valence-corrected chi connectivity index (χ1v) is 7.74. The monoisotopic (exact) mass is 394 g/mol. The van der Waals surface area contributed by atoms with E-state index in [1.54, 1.807) is 12.1 Å². The van der Waals surface area contributed by atoms with Crippen LogP contribution in [-0.4, -0.2) is 5.97 Å². The molecule has 0 radical (unpaired) electrons. The normalized spacial score (nSPS) is 12.8. The van der Waals surface area contributed by atoms with Crippen molar-refractivity contribution in [1.29, 1.82) is 0 Å². The first-order chi connectivity index (χ1) is 12.5. The minimum atomic E-state index is -5.68. The van der Waals surface area contributed by atoms with E-state index in [9.17, 15) is 35.5 Å². The summed E-state index contributed by atoms with van der Waals surface area (Å²) >= 11 is 0. The highest BCUT2D eigenvalue weighted by atomic mass is 19.4. The average Bonchev–Trinajstić information content (AvgIpc) is 2.62. The molecule has 0 amide bonds. The van der Waals surface area contributed by atoms with Gasteiger partial charge in [-0.05, 0) is 30.0 Å². The second-order valence-corrected chi connectivity index (χ2v) is 5.78. The molecule has 0 saturated carbocycles. The van der Waals surface area contributed by atoms with Crippen LogP contribution in [0, 0.1) is 23.3 Å². The summed E-state index contributed by atoms with van der Waals surface area (Å²) in [7, 11) is 0. The van der Waals surface area contributed by atoms with Crippen LogP contribution in [-0.2, 0) is 6.18 Å². The van der Waals surface area contributed by atoms with Crippen molar-refractivity contribution in [3.05, 3.63) is 64.2 Å². The van der Waals surface area contributed by atoms with Gasteiger partial charge in [0.25, 0.3) is 0 Å². The summed E-state index contributed by atoms with van der Waals surface area (Å²) in [5.41, 5.74) is -2.09. The van der Waals surface area contributed by atoms with Crippen LogP contribution in [0.25, 0.3) is 0 Å². The molecule has 0 saturated heterocycles. The fourth-order valence-electron chi connectivity index (χ4n) is 2.29. The molecule has 2 nitrogen and oxygen atoms in total. The Kier molecular flexibility index (Phi) is 5.82. The lowest BCUT2D eigenvalue weighted by Gasteiger charge is -2.14. The van der Waals surface area contributed by atoms with E-state index in [1.807, 2.05) is 13.8 Å². The van der Waals surface area contributed by atoms with Crippen molar-refractivity contribution in [2.24, 2.45) is 0 Å². The molecule has 1 unspecified atom stereocenters. The molecule has 0 N–H and O–H groups in total. The molecule has 0 heterocycles. The lowest BCUT2D eigenvalue weighted by Crippen LogP contribution is -2.18. The van der Waals surface area contributed by atoms with E-state index in [1.165, 1.54) is 12.1 Å². The molecule has 146 valence electrons. The molecular weight excluding hydrogens is 381 g/mol. The number of esters is 1. The third kappa shape index (κ3) is 4.06. The molecule has 2 aromatic rings. The molecule has 1 atom stereocenters. The number of hydrogen-bond donors (Lipinski definition) is 0. The summed E-state index contributed by atoms with van der Waals surface area (Å²) in [6.45, 7) is 3.86. The first-order valence-electron chi connectivity index (χ1n) is 7.74. The molecule has 27 heavy (non-hydrogen) atoms. The van der Waals surface area contributed by atoms with E-state index < -0.39 is 46.7 Å². The lowest BCUT2D eigenvalue weighted by molar-refractivity contribution is -0.143. The molecule has 2 rings (SSSR count). The second-order valence-electron chi connectivity index (χ2n) is 5.78. The summed E-state index contributed by atoms with van der Waals surface area (Å²) < 4.78 is 96.5. The Hall–Kier alpha value is -2.58. The summed E-state index contributed by atoms with van der Waals surface area (Å²) in [5, 5.41) is 0. The predicted molar refractivity (Wildman–Crippen MR) is 81.4 cm³/mol. The number of halogens is 7. The van der Waals surface area contributed by atoms with Gasteiger partial charge >= 0.3 is 12.1 Å². The lowest BCUT2D eigenvalue weighted by atomic mass is 9.98. The zero-order valence-electron chi connectivity index (χ0n) is 14.1. The number of hydrogen-bond acceptors (Lipinski definition) is 2. The number of carbonyl (C=O) groups is 1. The van der Waals surface area contributed by atoms with Crippen LogP contribution in [0.2, 0.25) is 0 Å². The van der Waals surface area contributed by atoms with Crippen molar-refractivity contribution in [3.63, 3.8) is 0 Å². The van der Waals surface area contributed by atoms with Crippen LogP contribution in [0.15, 0.2) is 24.3 Å². The van der Waals surface area contributed by atoms with Gasteiger partial charge in [0.2, 0.25) is 17.4 Å². The van der Waals surface area contributed by atoms with E-state index in [4.69, 9.17) is 0 Å². The SMILES string of the molecule is CCC(C)c1ccc(C(=O)Oc2c(F)c(F)c(C(F)(F)F)c(F)c2F)cc1. The van der Waals surface area contributed by atoms with Crippen molar-refractivity contribution >= 4 is 5.97 Å². The van der Waals surface area contributed by atoms with Crippen molar-refractivity contribution in [2.45, 2.75) is 32.4 Å². The Bertz CT molecular complexity index is 828. The molecule has 0 aromatic heterocycles. The fourth-order valence-corrected chi connectivity index (χ4v) is 2.29. The largest absolute Gasteiger partial charge is 0.422 e. The highest BCUT2D eigenvalue weighted by Crippen LogP contribution is 2.39. The van der Waals surface area contributed by atoms with Gasteiger partial charge in [0.15, 0.2) is 11.6 Å². The third-order valence-corrected chi connectivity index (χ3v) is 4.03. The van der Waals surface area contributed by atoms with E-state index >= 15 is 0 Å². The highest BCUT2D eigenvalue weighted by molar-refractivity contribution is 5.91. The summed E-state index contributed by atoms with van der Waals surface area (Å²) in [5.74, 6) is -13.4. The first kappa shape index (κ1) is 20.7. The average molecular weight is 394 g/mol. The maximum Gasteiger partial charge on any atom is 0.422 e. The number of benzene rings is 2. The minimum Gasteiger partial charge on any atom is -0.416 e. The molecule has 9 heteroatoms. The van der Waals surface area contributed by atoms with Crippen LogP contribution in [0.4, 0.5) is 30.7 Å². The van der Waals surface area contributed by atoms with E-state index in [2.05, 4.69) is 4.74 Å². The standard InChI is InChI=1S/C18H13F7O2/c1-3-8(2)9-4-6-10(7-5-9)17(26)27-16-14(21)12(19)11(18(23,24)25)13(20)15(16)22/h4-8H,3H2,1-2H3. The van der Waals surface area contributed by atoms with Gasteiger partial charge in [-0.2, -0.15) is 22.0 Å². The molecular formula is C18H13F7O2. The second kappa shape index (κ2) is 7.58. The van der Waals surface area contributed by atoms with Crippen molar-refractivity contribution < 1.29 is 40.3 Å². The van der Waals surface area contributed by atoms with Crippen molar-refractivity contribution in [3.8, 4) is 5.75 Å². The maximum atomic E-state index is 13.8. The summed E-state index contributed by atoms with van der Waals surface area (Å²) in [4.78, 5) is 12.0. The molecule has 0 bridgehead atoms. The van der Waals surface area contributed by atoms with Gasteiger partial charge in [0.05, 0.1) is 5.56 Å². The quantitative estimate of drug-likeness (QED) is 0.275. The zero-order chi connectivity index (χ0) is 20.5. The van der Waals surface area contributed by atoms with E-state index in [0.717, 1.165) is 12.0 Å². The minimum absolute atomic E-state index is 0.170. The predicted octanol–water partition coefficient (Wildman–Crippen LogP) is 5.99. The van der Waals surface area contributed by atoms with Crippen LogP contribution in [0.5, 0.6) is 5.75 Å². The smallest absolute Gasteiger partial charge is 0.416 e. The Balaban J connectivity index is 2.39. The Labute approximate surface area is 149 Å². The van der Waals surface area contributed by atoms with Crippen molar-refractivity contribution in [2.75, 3.05) is 0 Å². The van der Waals surface area contributed by atoms with Gasteiger partial charge in [0, 0.05) is 0 Å². The van der Waals surface area contributed by atoms with Gasteiger partial charge in [-0.15, -0.1) is 0 Å². The molecule has 0 aliphatic rings. The maximum absolute atomic E-state index is 13.8. The Morgan fingerprint density at radius 3 is 1.85 bits per heavy atom. The molecule has 0 spiro atoms. The Morgan fingerprint density at radius 1 is 0.963 bits per heavy atom. The third-order valence-electron chi connectivity index (χ3n) is 4.03. The van der Waals surface area contributed by atoms with E-state index in [-0.39, 0.29) is 11.5 Å².